The van der Waals surface area contributed by atoms with Gasteiger partial charge in [0.25, 0.3) is 0 Å². The maximum Gasteiger partial charge on any atom is 0.150 e. The predicted octanol–water partition coefficient (Wildman–Crippen LogP) is 1.88. The molecule has 1 aliphatic heterocycles. The highest BCUT2D eigenvalue weighted by Gasteiger charge is 2.19. The van der Waals surface area contributed by atoms with Gasteiger partial charge < -0.3 is 10.0 Å². The van der Waals surface area contributed by atoms with Crippen LogP contribution in [0.25, 0.3) is 10.9 Å². The van der Waals surface area contributed by atoms with E-state index < -0.39 is 0 Å². The van der Waals surface area contributed by atoms with Gasteiger partial charge in [-0.05, 0) is 12.1 Å². The van der Waals surface area contributed by atoms with Gasteiger partial charge in [-0.15, -0.1) is 0 Å². The van der Waals surface area contributed by atoms with Gasteiger partial charge in [0.1, 0.15) is 12.1 Å². The van der Waals surface area contributed by atoms with Crippen LogP contribution < -0.4 is 4.90 Å². The fraction of sp³-hybridized carbons (Fsp3) is 0.357. The SMILES string of the molecule is Oc1c(C[NH+]2CCCC2)cc(Br)c2cccnc12. The number of nitrogens with zero attached hydrogens (tertiary/aromatic N) is 1. The Morgan fingerprint density at radius 3 is 2.89 bits per heavy atom. The van der Waals surface area contributed by atoms with Crippen LogP contribution in [0.5, 0.6) is 5.75 Å². The van der Waals surface area contributed by atoms with Crippen molar-refractivity contribution < 1.29 is 10.0 Å². The van der Waals surface area contributed by atoms with E-state index in [0.29, 0.717) is 11.3 Å². The maximum atomic E-state index is 10.3. The Labute approximate surface area is 115 Å². The number of pyridine rings is 1. The molecule has 18 heavy (non-hydrogen) atoms. The van der Waals surface area contributed by atoms with Crippen molar-refractivity contribution in [1.82, 2.24) is 4.98 Å². The Morgan fingerprint density at radius 2 is 2.11 bits per heavy atom. The number of aromatic nitrogens is 1. The number of benzene rings is 1. The van der Waals surface area contributed by atoms with Gasteiger partial charge in [0.05, 0.1) is 18.7 Å². The van der Waals surface area contributed by atoms with Gasteiger partial charge in [-0.1, -0.05) is 22.0 Å². The number of hydrogen-bond donors (Lipinski definition) is 2. The zero-order valence-corrected chi connectivity index (χ0v) is 11.7. The Bertz CT molecular complexity index is 579. The molecule has 1 aromatic carbocycles. The van der Waals surface area contributed by atoms with Crippen LogP contribution >= 0.6 is 15.9 Å². The molecule has 0 atom stereocenters. The van der Waals surface area contributed by atoms with Crippen LogP contribution in [0.1, 0.15) is 18.4 Å². The Balaban J connectivity index is 2.04. The number of aromatic hydroxyl groups is 1. The average Bonchev–Trinajstić information content (AvgIpc) is 2.89. The number of phenolic OH excluding ortho intramolecular Hbond substituents is 1. The summed E-state index contributed by atoms with van der Waals surface area (Å²) in [6.07, 6.45) is 4.31. The standard InChI is InChI=1S/C14H15BrN2O/c15-12-8-10(9-17-6-1-2-7-17)14(18)13-11(12)4-3-5-16-13/h3-5,8,18H,1-2,6-7,9H2/p+1. The van der Waals surface area contributed by atoms with Crippen molar-refractivity contribution in [2.24, 2.45) is 0 Å². The van der Waals surface area contributed by atoms with Crippen molar-refractivity contribution in [2.45, 2.75) is 19.4 Å². The minimum atomic E-state index is 0.341. The Hall–Kier alpha value is -1.13. The van der Waals surface area contributed by atoms with Crippen LogP contribution in [0, 0.1) is 0 Å². The van der Waals surface area contributed by atoms with E-state index in [-0.39, 0.29) is 0 Å². The molecule has 0 bridgehead atoms. The van der Waals surface area contributed by atoms with Crippen LogP contribution in [-0.4, -0.2) is 23.2 Å². The lowest BCUT2D eigenvalue weighted by Crippen LogP contribution is -3.08. The Morgan fingerprint density at radius 1 is 1.33 bits per heavy atom. The number of hydrogen-bond acceptors (Lipinski definition) is 2. The van der Waals surface area contributed by atoms with E-state index in [4.69, 9.17) is 0 Å². The van der Waals surface area contributed by atoms with Crippen molar-refractivity contribution in [3.63, 3.8) is 0 Å². The molecule has 0 amide bonds. The summed E-state index contributed by atoms with van der Waals surface area (Å²) < 4.78 is 1.01. The minimum absolute atomic E-state index is 0.341. The summed E-state index contributed by atoms with van der Waals surface area (Å²) in [7, 11) is 0. The molecule has 4 heteroatoms. The highest BCUT2D eigenvalue weighted by Crippen LogP contribution is 2.32. The van der Waals surface area contributed by atoms with Crippen molar-refractivity contribution in [2.75, 3.05) is 13.1 Å². The summed E-state index contributed by atoms with van der Waals surface area (Å²) in [6.45, 7) is 3.30. The summed E-state index contributed by atoms with van der Waals surface area (Å²) >= 11 is 3.57. The largest absolute Gasteiger partial charge is 0.505 e. The van der Waals surface area contributed by atoms with E-state index in [0.717, 1.165) is 22.0 Å². The molecule has 0 aliphatic carbocycles. The molecule has 0 unspecified atom stereocenters. The molecule has 0 radical (unpaired) electrons. The molecule has 2 N–H and O–H groups in total. The molecule has 3 rings (SSSR count). The Kier molecular flexibility index (Phi) is 3.22. The van der Waals surface area contributed by atoms with E-state index in [2.05, 4.69) is 20.9 Å². The first-order chi connectivity index (χ1) is 8.75. The molecular formula is C14H16BrN2O+. The quantitative estimate of drug-likeness (QED) is 0.889. The van der Waals surface area contributed by atoms with Gasteiger partial charge >= 0.3 is 0 Å². The highest BCUT2D eigenvalue weighted by atomic mass is 79.9. The number of rotatable bonds is 2. The molecule has 0 saturated carbocycles. The van der Waals surface area contributed by atoms with Gasteiger partial charge in [-0.2, -0.15) is 0 Å². The fourth-order valence-electron chi connectivity index (χ4n) is 2.69. The molecule has 2 aromatic rings. The average molecular weight is 308 g/mol. The molecule has 0 spiro atoms. The monoisotopic (exact) mass is 307 g/mol. The van der Waals surface area contributed by atoms with Crippen LogP contribution in [0.4, 0.5) is 0 Å². The molecule has 1 aliphatic rings. The predicted molar refractivity (Wildman–Crippen MR) is 74.7 cm³/mol. The van der Waals surface area contributed by atoms with Crippen molar-refractivity contribution in [3.8, 4) is 5.75 Å². The van der Waals surface area contributed by atoms with E-state index in [1.807, 2.05) is 18.2 Å². The van der Waals surface area contributed by atoms with Crippen LogP contribution in [0.2, 0.25) is 0 Å². The molecule has 1 saturated heterocycles. The summed E-state index contributed by atoms with van der Waals surface area (Å²) in [5.74, 6) is 0.341. The lowest BCUT2D eigenvalue weighted by molar-refractivity contribution is -0.901. The van der Waals surface area contributed by atoms with E-state index in [9.17, 15) is 5.11 Å². The summed E-state index contributed by atoms with van der Waals surface area (Å²) in [5.41, 5.74) is 1.69. The number of fused-ring (bicyclic) bond motifs is 1. The first-order valence-electron chi connectivity index (χ1n) is 6.34. The lowest BCUT2D eigenvalue weighted by atomic mass is 10.1. The maximum absolute atomic E-state index is 10.3. The molecule has 1 aromatic heterocycles. The van der Waals surface area contributed by atoms with Gasteiger partial charge in [-0.25, -0.2) is 0 Å². The van der Waals surface area contributed by atoms with Crippen molar-refractivity contribution >= 4 is 26.8 Å². The molecule has 1 fully saturated rings. The molecule has 2 heterocycles. The first-order valence-corrected chi connectivity index (χ1v) is 7.13. The first kappa shape index (κ1) is 11.9. The van der Waals surface area contributed by atoms with Gasteiger partial charge in [0, 0.05) is 28.9 Å². The van der Waals surface area contributed by atoms with E-state index in [1.165, 1.54) is 25.9 Å². The number of phenols is 1. The second kappa shape index (κ2) is 4.86. The minimum Gasteiger partial charge on any atom is -0.505 e. The summed E-state index contributed by atoms with van der Waals surface area (Å²) in [5, 5.41) is 11.3. The van der Waals surface area contributed by atoms with Gasteiger partial charge in [-0.3, -0.25) is 4.98 Å². The summed E-state index contributed by atoms with van der Waals surface area (Å²) in [6, 6.07) is 5.89. The smallest absolute Gasteiger partial charge is 0.150 e. The summed E-state index contributed by atoms with van der Waals surface area (Å²) in [4.78, 5) is 5.84. The van der Waals surface area contributed by atoms with E-state index >= 15 is 0 Å². The third-order valence-electron chi connectivity index (χ3n) is 3.65. The molecule has 3 nitrogen and oxygen atoms in total. The molecule has 94 valence electrons. The number of quaternary nitrogens is 1. The fourth-order valence-corrected chi connectivity index (χ4v) is 3.29. The normalized spacial score (nSPS) is 16.5. The van der Waals surface area contributed by atoms with Crippen LogP contribution in [0.3, 0.4) is 0 Å². The topological polar surface area (TPSA) is 37.6 Å². The third kappa shape index (κ3) is 2.10. The second-order valence-electron chi connectivity index (χ2n) is 4.90. The van der Waals surface area contributed by atoms with Crippen molar-refractivity contribution in [1.29, 1.82) is 0 Å². The second-order valence-corrected chi connectivity index (χ2v) is 5.75. The van der Waals surface area contributed by atoms with Gasteiger partial charge in [0.15, 0.2) is 5.75 Å². The zero-order chi connectivity index (χ0) is 12.5. The highest BCUT2D eigenvalue weighted by molar-refractivity contribution is 9.10. The third-order valence-corrected chi connectivity index (χ3v) is 4.30. The number of nitrogens with one attached hydrogen (secondary N) is 1. The molecular weight excluding hydrogens is 292 g/mol. The zero-order valence-electron chi connectivity index (χ0n) is 10.1. The van der Waals surface area contributed by atoms with E-state index in [1.54, 1.807) is 11.1 Å². The van der Waals surface area contributed by atoms with Crippen LogP contribution in [-0.2, 0) is 6.54 Å². The van der Waals surface area contributed by atoms with Crippen molar-refractivity contribution in [3.05, 3.63) is 34.4 Å². The van der Waals surface area contributed by atoms with Gasteiger partial charge in [0.2, 0.25) is 0 Å². The number of halogens is 1. The number of likely N-dealkylation sites (tertiary alicyclic amines) is 1. The lowest BCUT2D eigenvalue weighted by Gasteiger charge is -2.14. The van der Waals surface area contributed by atoms with Crippen LogP contribution in [0.15, 0.2) is 28.9 Å².